The third kappa shape index (κ3) is 2.93. The van der Waals surface area contributed by atoms with Gasteiger partial charge in [0.05, 0.1) is 11.9 Å². The van der Waals surface area contributed by atoms with E-state index < -0.39 is 0 Å². The van der Waals surface area contributed by atoms with Crippen LogP contribution in [-0.2, 0) is 13.5 Å². The molecular weight excluding hydrogens is 372 g/mol. The van der Waals surface area contributed by atoms with E-state index in [1.54, 1.807) is 0 Å². The van der Waals surface area contributed by atoms with Crippen molar-refractivity contribution in [2.75, 3.05) is 0 Å². The zero-order chi connectivity index (χ0) is 21.0. The van der Waals surface area contributed by atoms with Crippen LogP contribution < -0.4 is 0 Å². The van der Waals surface area contributed by atoms with Crippen molar-refractivity contribution in [2.24, 2.45) is 34.5 Å². The zero-order valence-corrected chi connectivity index (χ0v) is 18.5. The van der Waals surface area contributed by atoms with Crippen LogP contribution in [0.5, 0.6) is 5.75 Å². The number of phenols is 1. The van der Waals surface area contributed by atoms with E-state index in [1.165, 1.54) is 42.5 Å². The lowest BCUT2D eigenvalue weighted by molar-refractivity contribution is 0.0955. The largest absolute Gasteiger partial charge is 0.508 e. The number of aromatic hydroxyl groups is 1. The van der Waals surface area contributed by atoms with Gasteiger partial charge in [-0.25, -0.2) is 0 Å². The molecule has 0 aliphatic heterocycles. The number of phenolic OH excluding ortho intramolecular Hbond substituents is 1. The fourth-order valence-corrected chi connectivity index (χ4v) is 6.65. The summed E-state index contributed by atoms with van der Waals surface area (Å²) in [5.74, 6) is 2.45. The van der Waals surface area contributed by atoms with Crippen molar-refractivity contribution in [3.8, 4) is 5.75 Å². The molecule has 1 heterocycles. The number of fused-ring (bicyclic) bond motifs is 5. The maximum atomic E-state index is 9.88. The highest BCUT2D eigenvalue weighted by Gasteiger charge is 2.53. The zero-order valence-electron chi connectivity index (χ0n) is 18.5. The minimum absolute atomic E-state index is 0.173. The Hall–Kier alpha value is -2.43. The van der Waals surface area contributed by atoms with Crippen molar-refractivity contribution in [2.45, 2.75) is 65.2 Å². The van der Waals surface area contributed by atoms with Gasteiger partial charge in [-0.3, -0.25) is 4.68 Å². The molecule has 0 radical (unpaired) electrons. The summed E-state index contributed by atoms with van der Waals surface area (Å²) >= 11 is 0. The van der Waals surface area contributed by atoms with Crippen LogP contribution in [0.1, 0.15) is 73.0 Å². The molecule has 158 valence electrons. The highest BCUT2D eigenvalue weighted by atomic mass is 16.3. The smallest absolute Gasteiger partial charge is 0.115 e. The van der Waals surface area contributed by atoms with Crippen LogP contribution in [0.3, 0.4) is 0 Å². The number of benzene rings is 1. The van der Waals surface area contributed by atoms with E-state index in [0.717, 1.165) is 35.7 Å². The molecule has 0 bridgehead atoms. The Labute approximate surface area is 178 Å². The predicted molar refractivity (Wildman–Crippen MR) is 120 cm³/mol. The van der Waals surface area contributed by atoms with Gasteiger partial charge in [-0.1, -0.05) is 13.0 Å². The van der Waals surface area contributed by atoms with E-state index in [-0.39, 0.29) is 5.41 Å². The van der Waals surface area contributed by atoms with Crippen molar-refractivity contribution in [1.82, 2.24) is 9.78 Å². The van der Waals surface area contributed by atoms with E-state index >= 15 is 0 Å². The minimum Gasteiger partial charge on any atom is -0.508 e. The first-order valence-electron chi connectivity index (χ1n) is 11.3. The first-order valence-corrected chi connectivity index (χ1v) is 11.3. The molecule has 2 saturated carbocycles. The van der Waals surface area contributed by atoms with Gasteiger partial charge in [0.2, 0.25) is 0 Å². The molecule has 0 spiro atoms. The predicted octanol–water partition coefficient (Wildman–Crippen LogP) is 5.07. The molecule has 1 N–H and O–H groups in total. The number of aromatic nitrogens is 2. The average molecular weight is 405 g/mol. The molecule has 4 atom stereocenters. The summed E-state index contributed by atoms with van der Waals surface area (Å²) in [5, 5.41) is 23.6. The highest BCUT2D eigenvalue weighted by molar-refractivity contribution is 5.93. The Morgan fingerprint density at radius 1 is 1.20 bits per heavy atom. The summed E-state index contributed by atoms with van der Waals surface area (Å²) < 4.78 is 1.90. The van der Waals surface area contributed by atoms with Crippen molar-refractivity contribution in [3.05, 3.63) is 46.3 Å². The van der Waals surface area contributed by atoms with Crippen LogP contribution >= 0.6 is 0 Å². The van der Waals surface area contributed by atoms with Gasteiger partial charge in [0, 0.05) is 29.4 Å². The second kappa shape index (κ2) is 7.07. The van der Waals surface area contributed by atoms with Gasteiger partial charge >= 0.3 is 0 Å². The number of rotatable bonds is 2. The Balaban J connectivity index is 1.39. The second-order valence-electron chi connectivity index (χ2n) is 9.79. The molecule has 30 heavy (non-hydrogen) atoms. The molecule has 0 saturated heterocycles. The van der Waals surface area contributed by atoms with Gasteiger partial charge < -0.3 is 5.11 Å². The lowest BCUT2D eigenvalue weighted by Crippen LogP contribution is -2.42. The first-order chi connectivity index (χ1) is 14.4. The fraction of sp³-hybridized carbons (Fsp3) is 0.560. The average Bonchev–Trinajstić information content (AvgIpc) is 3.18. The SMILES string of the molecule is Cc1nn(C)c(C)c1C=NN=C1CC[C@@H]2[C@@H]3CCc4cc(O)ccc4[C@@H]3CC[C@@]12C. The van der Waals surface area contributed by atoms with E-state index in [0.29, 0.717) is 17.6 Å². The monoisotopic (exact) mass is 404 g/mol. The summed E-state index contributed by atoms with van der Waals surface area (Å²) in [6.07, 6.45) is 8.88. The fourth-order valence-electron chi connectivity index (χ4n) is 6.65. The molecule has 3 aliphatic rings. The molecule has 1 aromatic carbocycles. The molecule has 0 unspecified atom stereocenters. The van der Waals surface area contributed by atoms with Gasteiger partial charge in [-0.15, -0.1) is 0 Å². The second-order valence-corrected chi connectivity index (χ2v) is 9.79. The van der Waals surface area contributed by atoms with Gasteiger partial charge in [0.15, 0.2) is 0 Å². The van der Waals surface area contributed by atoms with Crippen molar-refractivity contribution >= 4 is 11.9 Å². The van der Waals surface area contributed by atoms with Crippen molar-refractivity contribution in [3.63, 3.8) is 0 Å². The molecule has 1 aromatic heterocycles. The number of hydrogen-bond acceptors (Lipinski definition) is 4. The van der Waals surface area contributed by atoms with Crippen LogP contribution in [-0.4, -0.2) is 26.8 Å². The molecule has 2 fully saturated rings. The number of aryl methyl sites for hydroxylation is 3. The van der Waals surface area contributed by atoms with Crippen molar-refractivity contribution < 1.29 is 5.11 Å². The van der Waals surface area contributed by atoms with E-state index in [1.807, 2.05) is 37.0 Å². The Morgan fingerprint density at radius 3 is 2.80 bits per heavy atom. The van der Waals surface area contributed by atoms with Crippen LogP contribution in [0.4, 0.5) is 0 Å². The Kier molecular flexibility index (Phi) is 4.60. The topological polar surface area (TPSA) is 62.8 Å². The standard InChI is InChI=1S/C25H32N4O/c1-15-22(16(2)29(4)28-15)14-26-27-24-10-9-23-21-7-5-17-13-18(30)6-8-19(17)20(21)11-12-25(23,24)3/h6,8,13-14,20-21,23,30H,5,7,9-12H2,1-4H3/t20-,21+,23+,25+/m0/s1. The van der Waals surface area contributed by atoms with E-state index in [2.05, 4.69) is 30.1 Å². The lowest BCUT2D eigenvalue weighted by atomic mass is 9.55. The van der Waals surface area contributed by atoms with Crippen LogP contribution in [0.15, 0.2) is 28.4 Å². The van der Waals surface area contributed by atoms with Crippen molar-refractivity contribution in [1.29, 1.82) is 0 Å². The van der Waals surface area contributed by atoms with Crippen LogP contribution in [0.25, 0.3) is 0 Å². The summed E-state index contributed by atoms with van der Waals surface area (Å²) in [7, 11) is 1.97. The molecule has 5 rings (SSSR count). The molecular formula is C25H32N4O. The normalized spacial score (nSPS) is 31.7. The number of nitrogens with zero attached hydrogens (tertiary/aromatic N) is 4. The maximum Gasteiger partial charge on any atom is 0.115 e. The van der Waals surface area contributed by atoms with Gasteiger partial charge in [-0.05, 0) is 93.4 Å². The molecule has 5 heteroatoms. The molecule has 5 nitrogen and oxygen atoms in total. The molecule has 0 amide bonds. The van der Waals surface area contributed by atoms with Gasteiger partial charge in [-0.2, -0.15) is 15.3 Å². The Morgan fingerprint density at radius 2 is 2.03 bits per heavy atom. The highest BCUT2D eigenvalue weighted by Crippen LogP contribution is 2.60. The summed E-state index contributed by atoms with van der Waals surface area (Å²) in [6, 6.07) is 6.03. The molecule has 3 aliphatic carbocycles. The Bertz CT molecular complexity index is 1050. The van der Waals surface area contributed by atoms with Crippen LogP contribution in [0.2, 0.25) is 0 Å². The molecule has 2 aromatic rings. The summed E-state index contributed by atoms with van der Waals surface area (Å²) in [5.41, 5.74) is 7.51. The van der Waals surface area contributed by atoms with Gasteiger partial charge in [0.1, 0.15) is 5.75 Å². The maximum absolute atomic E-state index is 9.88. The van der Waals surface area contributed by atoms with E-state index in [9.17, 15) is 5.11 Å². The third-order valence-electron chi connectivity index (χ3n) is 8.38. The summed E-state index contributed by atoms with van der Waals surface area (Å²) in [6.45, 7) is 6.53. The lowest BCUT2D eigenvalue weighted by Gasteiger charge is -2.49. The van der Waals surface area contributed by atoms with Gasteiger partial charge in [0.25, 0.3) is 0 Å². The number of hydrogen-bond donors (Lipinski definition) is 1. The van der Waals surface area contributed by atoms with E-state index in [4.69, 9.17) is 5.10 Å². The van der Waals surface area contributed by atoms with Crippen LogP contribution in [0, 0.1) is 31.1 Å². The summed E-state index contributed by atoms with van der Waals surface area (Å²) in [4.78, 5) is 0. The minimum atomic E-state index is 0.173. The third-order valence-corrected chi connectivity index (χ3v) is 8.38. The first kappa shape index (κ1) is 19.5. The quantitative estimate of drug-likeness (QED) is 0.561.